The molecule has 2 atom stereocenters. The molecule has 0 N–H and O–H groups in total. The quantitative estimate of drug-likeness (QED) is 0.418. The molecular weight excluding hydrogens is 124 g/mol. The van der Waals surface area contributed by atoms with E-state index in [1.54, 1.807) is 0 Å². The molecule has 1 nitrogen and oxygen atoms in total. The summed E-state index contributed by atoms with van der Waals surface area (Å²) in [6, 6.07) is 0. The Morgan fingerprint density at radius 1 is 1.80 bits per heavy atom. The lowest BCUT2D eigenvalue weighted by Crippen LogP contribution is -2.02. The van der Waals surface area contributed by atoms with E-state index in [4.69, 9.17) is 4.74 Å². The summed E-state index contributed by atoms with van der Waals surface area (Å²) in [5.74, 6) is 0. The van der Waals surface area contributed by atoms with E-state index in [0.29, 0.717) is 12.2 Å². The van der Waals surface area contributed by atoms with Gasteiger partial charge in [0.25, 0.3) is 0 Å². The molecular formula is C9H12O. The maximum absolute atomic E-state index is 5.43. The second kappa shape index (κ2) is 2.24. The summed E-state index contributed by atoms with van der Waals surface area (Å²) in [6.45, 7) is 3.71. The number of ether oxygens (including phenoxy) is 1. The fourth-order valence-corrected chi connectivity index (χ4v) is 1.60. The Morgan fingerprint density at radius 3 is 3.50 bits per heavy atom. The molecule has 10 heavy (non-hydrogen) atoms. The monoisotopic (exact) mass is 136 g/mol. The molecule has 0 bridgehead atoms. The Bertz CT molecular complexity index is 181. The normalized spacial score (nSPS) is 36.2. The molecule has 0 aromatic heterocycles. The van der Waals surface area contributed by atoms with Gasteiger partial charge in [-0.2, -0.15) is 0 Å². The van der Waals surface area contributed by atoms with Gasteiger partial charge in [0.05, 0.1) is 6.10 Å². The van der Waals surface area contributed by atoms with Gasteiger partial charge < -0.3 is 4.74 Å². The van der Waals surface area contributed by atoms with Crippen molar-refractivity contribution in [3.8, 4) is 0 Å². The predicted octanol–water partition coefficient (Wildman–Crippen LogP) is 2.05. The molecule has 2 rings (SSSR count). The largest absolute Gasteiger partial charge is 0.365 e. The number of hydrogen-bond acceptors (Lipinski definition) is 1. The first-order valence-electron chi connectivity index (χ1n) is 3.87. The molecule has 2 unspecified atom stereocenters. The van der Waals surface area contributed by atoms with Crippen molar-refractivity contribution in [2.24, 2.45) is 0 Å². The van der Waals surface area contributed by atoms with Crippen molar-refractivity contribution in [3.63, 3.8) is 0 Å². The van der Waals surface area contributed by atoms with E-state index in [1.165, 1.54) is 18.4 Å². The first-order chi connectivity index (χ1) is 4.92. The molecule has 1 aliphatic carbocycles. The van der Waals surface area contributed by atoms with Crippen molar-refractivity contribution in [3.05, 3.63) is 24.3 Å². The van der Waals surface area contributed by atoms with Crippen LogP contribution < -0.4 is 0 Å². The predicted molar refractivity (Wildman–Crippen MR) is 40.8 cm³/mol. The van der Waals surface area contributed by atoms with Gasteiger partial charge in [0.2, 0.25) is 0 Å². The Labute approximate surface area is 61.4 Å². The van der Waals surface area contributed by atoms with Crippen LogP contribution in [0, 0.1) is 0 Å². The van der Waals surface area contributed by atoms with Crippen LogP contribution in [0.5, 0.6) is 0 Å². The summed E-state index contributed by atoms with van der Waals surface area (Å²) in [7, 11) is 0. The van der Waals surface area contributed by atoms with E-state index in [-0.39, 0.29) is 0 Å². The lowest BCUT2D eigenvalue weighted by molar-refractivity contribution is 0.381. The molecule has 0 aromatic carbocycles. The Balaban J connectivity index is 2.04. The third-order valence-electron chi connectivity index (χ3n) is 2.19. The number of epoxide rings is 1. The topological polar surface area (TPSA) is 12.5 Å². The van der Waals surface area contributed by atoms with Crippen LogP contribution in [-0.2, 0) is 4.74 Å². The van der Waals surface area contributed by atoms with Gasteiger partial charge in [0.15, 0.2) is 0 Å². The molecule has 0 amide bonds. The third kappa shape index (κ3) is 0.907. The van der Waals surface area contributed by atoms with Crippen LogP contribution in [-0.4, -0.2) is 12.2 Å². The zero-order valence-corrected chi connectivity index (χ0v) is 6.05. The zero-order valence-electron chi connectivity index (χ0n) is 6.05. The Morgan fingerprint density at radius 2 is 2.70 bits per heavy atom. The van der Waals surface area contributed by atoms with E-state index >= 15 is 0 Å². The molecule has 0 aromatic rings. The van der Waals surface area contributed by atoms with Gasteiger partial charge in [-0.15, -0.1) is 6.58 Å². The van der Waals surface area contributed by atoms with Crippen molar-refractivity contribution in [1.29, 1.82) is 0 Å². The maximum atomic E-state index is 5.43. The van der Waals surface area contributed by atoms with Crippen LogP contribution in [0.3, 0.4) is 0 Å². The molecule has 0 saturated carbocycles. The zero-order chi connectivity index (χ0) is 6.97. The van der Waals surface area contributed by atoms with E-state index in [1.807, 2.05) is 6.08 Å². The number of allylic oxidation sites excluding steroid dienone is 2. The minimum absolute atomic E-state index is 0.478. The third-order valence-corrected chi connectivity index (χ3v) is 2.19. The fourth-order valence-electron chi connectivity index (χ4n) is 1.60. The molecule has 0 radical (unpaired) electrons. The van der Waals surface area contributed by atoms with Gasteiger partial charge in [0.1, 0.15) is 6.10 Å². The van der Waals surface area contributed by atoms with E-state index in [0.717, 1.165) is 6.42 Å². The van der Waals surface area contributed by atoms with Gasteiger partial charge >= 0.3 is 0 Å². The summed E-state index contributed by atoms with van der Waals surface area (Å²) in [5.41, 5.74) is 1.45. The smallest absolute Gasteiger partial charge is 0.105 e. The van der Waals surface area contributed by atoms with Crippen molar-refractivity contribution < 1.29 is 4.74 Å². The summed E-state index contributed by atoms with van der Waals surface area (Å²) in [5, 5.41) is 0. The van der Waals surface area contributed by atoms with Gasteiger partial charge in [-0.3, -0.25) is 0 Å². The van der Waals surface area contributed by atoms with E-state index < -0.39 is 0 Å². The number of rotatable bonds is 2. The molecule has 1 saturated heterocycles. The Hall–Kier alpha value is -0.560. The maximum Gasteiger partial charge on any atom is 0.105 e. The van der Waals surface area contributed by atoms with Crippen LogP contribution in [0.2, 0.25) is 0 Å². The highest BCUT2D eigenvalue weighted by Gasteiger charge is 2.42. The van der Waals surface area contributed by atoms with Crippen molar-refractivity contribution in [2.45, 2.75) is 31.5 Å². The highest BCUT2D eigenvalue weighted by molar-refractivity contribution is 5.22. The highest BCUT2D eigenvalue weighted by Crippen LogP contribution is 2.38. The van der Waals surface area contributed by atoms with Crippen molar-refractivity contribution in [1.82, 2.24) is 0 Å². The van der Waals surface area contributed by atoms with E-state index in [9.17, 15) is 0 Å². The van der Waals surface area contributed by atoms with Gasteiger partial charge in [0, 0.05) is 0 Å². The van der Waals surface area contributed by atoms with Crippen LogP contribution in [0.4, 0.5) is 0 Å². The summed E-state index contributed by atoms with van der Waals surface area (Å²) in [4.78, 5) is 0. The standard InChI is InChI=1S/C9H12O/c1-2-4-7-5-3-6-8-9(7)10-8/h2,5,8-9H,1,3-4,6H2. The molecule has 1 heterocycles. The number of fused-ring (bicyclic) bond motifs is 1. The Kier molecular flexibility index (Phi) is 1.38. The number of hydrogen-bond donors (Lipinski definition) is 0. The molecule has 2 aliphatic rings. The lowest BCUT2D eigenvalue weighted by atomic mass is 9.97. The van der Waals surface area contributed by atoms with Crippen LogP contribution in [0.1, 0.15) is 19.3 Å². The minimum atomic E-state index is 0.478. The van der Waals surface area contributed by atoms with Gasteiger partial charge in [-0.25, -0.2) is 0 Å². The molecule has 54 valence electrons. The summed E-state index contributed by atoms with van der Waals surface area (Å²) < 4.78 is 5.43. The average molecular weight is 136 g/mol. The molecule has 1 aliphatic heterocycles. The first kappa shape index (κ1) is 6.17. The van der Waals surface area contributed by atoms with Crippen LogP contribution in [0.15, 0.2) is 24.3 Å². The summed E-state index contributed by atoms with van der Waals surface area (Å²) >= 11 is 0. The molecule has 0 spiro atoms. The lowest BCUT2D eigenvalue weighted by Gasteiger charge is -2.04. The minimum Gasteiger partial charge on any atom is -0.365 e. The van der Waals surface area contributed by atoms with Crippen molar-refractivity contribution >= 4 is 0 Å². The average Bonchev–Trinajstić information content (AvgIpc) is 2.67. The van der Waals surface area contributed by atoms with Crippen LogP contribution in [0.25, 0.3) is 0 Å². The molecule has 1 fully saturated rings. The van der Waals surface area contributed by atoms with Crippen LogP contribution >= 0.6 is 0 Å². The highest BCUT2D eigenvalue weighted by atomic mass is 16.6. The van der Waals surface area contributed by atoms with Gasteiger partial charge in [-0.05, 0) is 24.8 Å². The first-order valence-corrected chi connectivity index (χ1v) is 3.87. The fraction of sp³-hybridized carbons (Fsp3) is 0.556. The second-order valence-corrected chi connectivity index (χ2v) is 2.94. The van der Waals surface area contributed by atoms with E-state index in [2.05, 4.69) is 12.7 Å². The molecule has 1 heteroatoms. The summed E-state index contributed by atoms with van der Waals surface area (Å²) in [6.07, 6.45) is 8.74. The second-order valence-electron chi connectivity index (χ2n) is 2.94. The van der Waals surface area contributed by atoms with Gasteiger partial charge in [-0.1, -0.05) is 12.2 Å². The van der Waals surface area contributed by atoms with Crippen molar-refractivity contribution in [2.75, 3.05) is 0 Å². The SMILES string of the molecule is C=CCC1=CCCC2OC12.